The molecule has 0 atom stereocenters. The molecule has 10 heavy (non-hydrogen) atoms. The van der Waals surface area contributed by atoms with Crippen LogP contribution in [0.3, 0.4) is 0 Å². The van der Waals surface area contributed by atoms with E-state index >= 15 is 0 Å². The first-order valence-electron chi connectivity index (χ1n) is 2.37. The number of imide groups is 1. The van der Waals surface area contributed by atoms with Gasteiger partial charge in [-0.2, -0.15) is 0 Å². The molecule has 0 aromatic carbocycles. The van der Waals surface area contributed by atoms with E-state index < -0.39 is 0 Å². The molecular weight excluding hydrogens is 262 g/mol. The summed E-state index contributed by atoms with van der Waals surface area (Å²) in [6, 6.07) is -0.388. The Morgan fingerprint density at radius 2 is 1.90 bits per heavy atom. The van der Waals surface area contributed by atoms with Crippen molar-refractivity contribution in [3.8, 4) is 0 Å². The van der Waals surface area contributed by atoms with Gasteiger partial charge in [-0.05, 0) is 0 Å². The van der Waals surface area contributed by atoms with Gasteiger partial charge in [0.15, 0.2) is 0 Å². The van der Waals surface area contributed by atoms with Gasteiger partial charge < -0.3 is 5.32 Å². The van der Waals surface area contributed by atoms with Crippen LogP contribution in [0.4, 0.5) is 4.79 Å². The van der Waals surface area contributed by atoms with Gasteiger partial charge in [-0.1, -0.05) is 0 Å². The maximum atomic E-state index is 10.3. The van der Waals surface area contributed by atoms with Gasteiger partial charge in [-0.25, -0.2) is 4.79 Å². The Balaban J connectivity index is 0. The number of carbonyl (C=O) groups is 2. The van der Waals surface area contributed by atoms with E-state index in [2.05, 4.69) is 10.6 Å². The molecule has 1 rings (SSSR count). The molecule has 0 aromatic rings. The van der Waals surface area contributed by atoms with E-state index in [4.69, 9.17) is 0 Å². The van der Waals surface area contributed by atoms with Crippen molar-refractivity contribution in [2.24, 2.45) is 0 Å². The van der Waals surface area contributed by atoms with E-state index in [-0.39, 0.29) is 48.3 Å². The van der Waals surface area contributed by atoms with Crippen molar-refractivity contribution in [1.29, 1.82) is 0 Å². The number of hydrogen-bond acceptors (Lipinski definition) is 2. The Morgan fingerprint density at radius 3 is 2.20 bits per heavy atom. The summed E-state index contributed by atoms with van der Waals surface area (Å²) in [5.41, 5.74) is 0. The molecule has 56 valence electrons. The number of nitrogens with one attached hydrogen (secondary N) is 2. The first-order chi connectivity index (χ1) is 3.79. The summed E-state index contributed by atoms with van der Waals surface area (Å²) in [6.45, 7) is 0.463. The van der Waals surface area contributed by atoms with Gasteiger partial charge >= 0.3 is 6.03 Å². The Labute approximate surface area is 81.5 Å². The monoisotopic (exact) mass is 270 g/mol. The summed E-state index contributed by atoms with van der Waals surface area (Å²) in [6.07, 6.45) is 0.395. The maximum absolute atomic E-state index is 10.3. The summed E-state index contributed by atoms with van der Waals surface area (Å²) in [7, 11) is 0. The van der Waals surface area contributed by atoms with E-state index in [9.17, 15) is 9.59 Å². The van der Waals surface area contributed by atoms with Crippen LogP contribution in [0.25, 0.3) is 0 Å². The van der Waals surface area contributed by atoms with Crippen molar-refractivity contribution in [3.63, 3.8) is 0 Å². The summed E-state index contributed by atoms with van der Waals surface area (Å²) in [4.78, 5) is 20.5. The average Bonchev–Trinajstić information content (AvgIpc) is 1.64. The predicted molar refractivity (Wildman–Crippen MR) is 39.2 cm³/mol. The Hall–Kier alpha value is 0.0287. The fraction of sp³-hybridized carbons (Fsp3) is 0.500. The molecule has 0 spiro atoms. The minimum absolute atomic E-state index is 0. The second-order valence-electron chi connectivity index (χ2n) is 1.55. The number of urea groups is 1. The fourth-order valence-electron chi connectivity index (χ4n) is 0.523. The van der Waals surface area contributed by atoms with Crippen LogP contribution in [0.15, 0.2) is 0 Å². The number of hydrogen-bond donors (Lipinski definition) is 2. The largest absolute Gasteiger partial charge is 0.337 e. The van der Waals surface area contributed by atoms with Crippen LogP contribution in [-0.4, -0.2) is 42.4 Å². The zero-order valence-electron chi connectivity index (χ0n) is 5.14. The topological polar surface area (TPSA) is 58.2 Å². The normalized spacial score (nSPS) is 15.6. The number of halogens is 1. The minimum Gasteiger partial charge on any atom is -0.337 e. The molecule has 1 fully saturated rings. The molecule has 0 saturated carbocycles. The van der Waals surface area contributed by atoms with Crippen molar-refractivity contribution in [2.45, 2.75) is 6.42 Å². The molecule has 6 heteroatoms. The third-order valence-electron chi connectivity index (χ3n) is 0.891. The Kier molecular flexibility index (Phi) is 7.34. The fourth-order valence-corrected chi connectivity index (χ4v) is 0.523. The summed E-state index contributed by atoms with van der Waals surface area (Å²) >= 11 is 0. The average molecular weight is 269 g/mol. The van der Waals surface area contributed by atoms with Gasteiger partial charge in [0, 0.05) is 36.9 Å². The first kappa shape index (κ1) is 12.7. The Morgan fingerprint density at radius 1 is 1.30 bits per heavy atom. The zero-order valence-corrected chi connectivity index (χ0v) is 8.81. The van der Waals surface area contributed by atoms with Crippen molar-refractivity contribution in [1.82, 2.24) is 10.6 Å². The van der Waals surface area contributed by atoms with Crippen molar-refractivity contribution >= 4 is 48.3 Å². The van der Waals surface area contributed by atoms with Crippen LogP contribution in [0.1, 0.15) is 6.42 Å². The van der Waals surface area contributed by atoms with Crippen LogP contribution in [0.5, 0.6) is 0 Å². The zero-order chi connectivity index (χ0) is 5.98. The van der Waals surface area contributed by atoms with E-state index in [1.165, 1.54) is 0 Å². The molecule has 1 saturated heterocycles. The van der Waals surface area contributed by atoms with Crippen LogP contribution in [-0.2, 0) is 4.79 Å². The van der Waals surface area contributed by atoms with Gasteiger partial charge in [0.1, 0.15) is 0 Å². The molecule has 0 aliphatic carbocycles. The third-order valence-corrected chi connectivity index (χ3v) is 0.891. The van der Waals surface area contributed by atoms with Gasteiger partial charge in [0.2, 0.25) is 5.91 Å². The number of carbonyl (C=O) groups excluding carboxylic acids is 2. The molecule has 0 unspecified atom stereocenters. The van der Waals surface area contributed by atoms with Crippen LogP contribution >= 0.6 is 12.4 Å². The number of rotatable bonds is 0. The van der Waals surface area contributed by atoms with Crippen LogP contribution in [0.2, 0.25) is 0 Å². The smallest absolute Gasteiger partial charge is 0.321 e. The predicted octanol–water partition coefficient (Wildman–Crippen LogP) is -0.743. The molecule has 0 bridgehead atoms. The van der Waals surface area contributed by atoms with E-state index in [0.717, 1.165) is 0 Å². The summed E-state index contributed by atoms with van der Waals surface area (Å²) in [5, 5.41) is 4.53. The molecule has 2 N–H and O–H groups in total. The van der Waals surface area contributed by atoms with Crippen molar-refractivity contribution in [2.75, 3.05) is 6.54 Å². The van der Waals surface area contributed by atoms with Gasteiger partial charge in [-0.3, -0.25) is 10.1 Å². The van der Waals surface area contributed by atoms with Crippen molar-refractivity contribution < 1.29 is 9.59 Å². The van der Waals surface area contributed by atoms with Gasteiger partial charge in [-0.15, -0.1) is 12.4 Å². The second kappa shape index (κ2) is 5.79. The molecule has 3 amide bonds. The molecular formula is C4H7ClN2O2Sn. The molecule has 1 aliphatic rings. The second-order valence-corrected chi connectivity index (χ2v) is 1.55. The van der Waals surface area contributed by atoms with Gasteiger partial charge in [0.25, 0.3) is 0 Å². The quantitative estimate of drug-likeness (QED) is 0.569. The standard InChI is InChI=1S/C4H6N2O2.ClH.Sn/c7-3-1-2-5-4(8)6-3;;/h1-2H2,(H2,5,6,7,8);1H;. The third kappa shape index (κ3) is 3.94. The maximum Gasteiger partial charge on any atom is 0.321 e. The molecule has 1 aliphatic heterocycles. The molecule has 4 radical (unpaired) electrons. The minimum atomic E-state index is -0.388. The summed E-state index contributed by atoms with van der Waals surface area (Å²) in [5.74, 6) is -0.200. The molecule has 1 heterocycles. The molecule has 4 nitrogen and oxygen atoms in total. The number of amides is 3. The van der Waals surface area contributed by atoms with Crippen LogP contribution in [0, 0.1) is 0 Å². The molecule has 0 aromatic heterocycles. The van der Waals surface area contributed by atoms with Crippen LogP contribution < -0.4 is 10.6 Å². The Bertz CT molecular complexity index is 127. The van der Waals surface area contributed by atoms with E-state index in [1.807, 2.05) is 0 Å². The van der Waals surface area contributed by atoms with Gasteiger partial charge in [0.05, 0.1) is 0 Å². The van der Waals surface area contributed by atoms with E-state index in [0.29, 0.717) is 13.0 Å². The van der Waals surface area contributed by atoms with Crippen molar-refractivity contribution in [3.05, 3.63) is 0 Å². The first-order valence-corrected chi connectivity index (χ1v) is 2.37. The SMILES string of the molecule is Cl.O=C1CCNC(=O)N1.[Sn]. The summed E-state index contributed by atoms with van der Waals surface area (Å²) < 4.78 is 0. The van der Waals surface area contributed by atoms with E-state index in [1.54, 1.807) is 0 Å².